The number of ether oxygens (including phenoxy) is 2. The van der Waals surface area contributed by atoms with Crippen molar-refractivity contribution in [3.8, 4) is 0 Å². The van der Waals surface area contributed by atoms with Gasteiger partial charge in [-0.3, -0.25) is 0 Å². The second-order valence-corrected chi connectivity index (χ2v) is 4.18. The van der Waals surface area contributed by atoms with Crippen molar-refractivity contribution in [2.75, 3.05) is 31.2 Å². The monoisotopic (exact) mass is 221 g/mol. The molecule has 0 amide bonds. The predicted octanol–water partition coefficient (Wildman–Crippen LogP) is 0.820. The van der Waals surface area contributed by atoms with Gasteiger partial charge in [-0.1, -0.05) is 0 Å². The zero-order valence-corrected chi connectivity index (χ0v) is 9.13. The van der Waals surface area contributed by atoms with Crippen molar-refractivity contribution in [2.24, 2.45) is 0 Å². The molecular formula is C11H15N3O2. The number of piperidine rings is 1. The van der Waals surface area contributed by atoms with Crippen LogP contribution in [0.5, 0.6) is 0 Å². The van der Waals surface area contributed by atoms with Crippen molar-refractivity contribution >= 4 is 5.95 Å². The molecule has 2 fully saturated rings. The largest absolute Gasteiger partial charge is 0.346 e. The number of anilines is 1. The smallest absolute Gasteiger partial charge is 0.225 e. The second-order valence-electron chi connectivity index (χ2n) is 4.18. The number of nitrogens with zero attached hydrogens (tertiary/aromatic N) is 3. The molecule has 2 saturated heterocycles. The van der Waals surface area contributed by atoms with Gasteiger partial charge in [-0.25, -0.2) is 9.97 Å². The molecule has 0 aromatic carbocycles. The van der Waals surface area contributed by atoms with Crippen molar-refractivity contribution in [1.29, 1.82) is 0 Å². The maximum atomic E-state index is 5.71. The zero-order chi connectivity index (χ0) is 10.8. The molecule has 86 valence electrons. The van der Waals surface area contributed by atoms with Gasteiger partial charge in [-0.2, -0.15) is 0 Å². The summed E-state index contributed by atoms with van der Waals surface area (Å²) in [6.45, 7) is 3.10. The Kier molecular flexibility index (Phi) is 2.49. The zero-order valence-electron chi connectivity index (χ0n) is 9.13. The highest BCUT2D eigenvalue weighted by molar-refractivity contribution is 5.30. The summed E-state index contributed by atoms with van der Waals surface area (Å²) < 4.78 is 11.4. The summed E-state index contributed by atoms with van der Waals surface area (Å²) in [5.41, 5.74) is 0. The van der Waals surface area contributed by atoms with E-state index in [1.807, 2.05) is 6.07 Å². The van der Waals surface area contributed by atoms with Crippen LogP contribution in [-0.4, -0.2) is 42.1 Å². The number of aromatic nitrogens is 2. The van der Waals surface area contributed by atoms with Gasteiger partial charge in [0.2, 0.25) is 5.95 Å². The average molecular weight is 221 g/mol. The van der Waals surface area contributed by atoms with Gasteiger partial charge in [0.1, 0.15) is 0 Å². The van der Waals surface area contributed by atoms with Crippen LogP contribution in [0.1, 0.15) is 12.8 Å². The van der Waals surface area contributed by atoms with Gasteiger partial charge in [0.15, 0.2) is 5.79 Å². The van der Waals surface area contributed by atoms with Crippen LogP contribution in [-0.2, 0) is 9.47 Å². The lowest BCUT2D eigenvalue weighted by Crippen LogP contribution is -2.49. The average Bonchev–Trinajstić information content (AvgIpc) is 2.78. The fourth-order valence-corrected chi connectivity index (χ4v) is 2.35. The van der Waals surface area contributed by atoms with E-state index in [4.69, 9.17) is 9.47 Å². The minimum Gasteiger partial charge on any atom is -0.346 e. The van der Waals surface area contributed by atoms with Crippen LogP contribution in [0.2, 0.25) is 0 Å². The normalized spacial score (nSPS) is 23.9. The summed E-state index contributed by atoms with van der Waals surface area (Å²) in [6.07, 6.45) is 5.55. The molecule has 3 heterocycles. The quantitative estimate of drug-likeness (QED) is 0.702. The second kappa shape index (κ2) is 3.99. The lowest BCUT2D eigenvalue weighted by atomic mass is 10.1. The topological polar surface area (TPSA) is 47.5 Å². The molecule has 16 heavy (non-hydrogen) atoms. The van der Waals surface area contributed by atoms with Crippen LogP contribution < -0.4 is 4.90 Å². The van der Waals surface area contributed by atoms with Gasteiger partial charge in [0.05, 0.1) is 19.8 Å². The third kappa shape index (κ3) is 1.76. The molecule has 2 aliphatic heterocycles. The first kappa shape index (κ1) is 9.99. The van der Waals surface area contributed by atoms with Crippen molar-refractivity contribution in [3.63, 3.8) is 0 Å². The molecule has 1 aromatic rings. The molecule has 0 unspecified atom stereocenters. The van der Waals surface area contributed by atoms with E-state index in [1.165, 1.54) is 0 Å². The summed E-state index contributed by atoms with van der Waals surface area (Å²) in [5.74, 6) is 0.359. The Labute approximate surface area is 94.4 Å². The van der Waals surface area contributed by atoms with Crippen LogP contribution in [0.25, 0.3) is 0 Å². The Hall–Kier alpha value is -1.20. The van der Waals surface area contributed by atoms with Crippen molar-refractivity contribution in [3.05, 3.63) is 18.5 Å². The van der Waals surface area contributed by atoms with Crippen molar-refractivity contribution in [1.82, 2.24) is 9.97 Å². The SMILES string of the molecule is c1cnc(N2CCCC3(C2)OCCO3)nc1. The lowest BCUT2D eigenvalue weighted by Gasteiger charge is -2.38. The van der Waals surface area contributed by atoms with E-state index >= 15 is 0 Å². The Morgan fingerprint density at radius 1 is 1.19 bits per heavy atom. The molecule has 0 N–H and O–H groups in total. The molecule has 0 radical (unpaired) electrons. The molecule has 0 bridgehead atoms. The summed E-state index contributed by atoms with van der Waals surface area (Å²) in [6, 6.07) is 1.83. The van der Waals surface area contributed by atoms with Crippen LogP contribution in [0.15, 0.2) is 18.5 Å². The van der Waals surface area contributed by atoms with E-state index in [2.05, 4.69) is 14.9 Å². The molecule has 1 spiro atoms. The standard InChI is InChI=1S/C11H15N3O2/c1-3-11(15-7-8-16-11)9-14(6-1)10-12-4-2-5-13-10/h2,4-5H,1,3,6-9H2. The maximum absolute atomic E-state index is 5.71. The van der Waals surface area contributed by atoms with Crippen LogP contribution in [0, 0.1) is 0 Å². The molecule has 2 aliphatic rings. The highest BCUT2D eigenvalue weighted by Crippen LogP contribution is 2.31. The van der Waals surface area contributed by atoms with Crippen LogP contribution >= 0.6 is 0 Å². The summed E-state index contributed by atoms with van der Waals surface area (Å²) in [4.78, 5) is 10.7. The van der Waals surface area contributed by atoms with Gasteiger partial charge in [0.25, 0.3) is 0 Å². The summed E-state index contributed by atoms with van der Waals surface area (Å²) >= 11 is 0. The Balaban J connectivity index is 1.77. The fraction of sp³-hybridized carbons (Fsp3) is 0.636. The lowest BCUT2D eigenvalue weighted by molar-refractivity contribution is -0.161. The first-order valence-corrected chi connectivity index (χ1v) is 5.68. The summed E-state index contributed by atoms with van der Waals surface area (Å²) in [5, 5.41) is 0. The Morgan fingerprint density at radius 3 is 2.69 bits per heavy atom. The van der Waals surface area contributed by atoms with Crippen LogP contribution in [0.4, 0.5) is 5.95 Å². The molecular weight excluding hydrogens is 206 g/mol. The maximum Gasteiger partial charge on any atom is 0.225 e. The molecule has 1 aromatic heterocycles. The van der Waals surface area contributed by atoms with Gasteiger partial charge in [-0.15, -0.1) is 0 Å². The minimum absolute atomic E-state index is 0.405. The number of hydrogen-bond acceptors (Lipinski definition) is 5. The van der Waals surface area contributed by atoms with E-state index in [1.54, 1.807) is 12.4 Å². The predicted molar refractivity (Wildman–Crippen MR) is 58.1 cm³/mol. The van der Waals surface area contributed by atoms with E-state index < -0.39 is 5.79 Å². The Bertz CT molecular complexity index is 352. The first-order chi connectivity index (χ1) is 7.88. The van der Waals surface area contributed by atoms with Crippen LogP contribution in [0.3, 0.4) is 0 Å². The van der Waals surface area contributed by atoms with Crippen molar-refractivity contribution < 1.29 is 9.47 Å². The van der Waals surface area contributed by atoms with Gasteiger partial charge in [0, 0.05) is 25.4 Å². The third-order valence-electron chi connectivity index (χ3n) is 3.07. The fourth-order valence-electron chi connectivity index (χ4n) is 2.35. The van der Waals surface area contributed by atoms with Gasteiger partial charge in [-0.05, 0) is 12.5 Å². The minimum atomic E-state index is -0.405. The van der Waals surface area contributed by atoms with E-state index in [-0.39, 0.29) is 0 Å². The molecule has 5 heteroatoms. The Morgan fingerprint density at radius 2 is 1.94 bits per heavy atom. The van der Waals surface area contributed by atoms with E-state index in [0.717, 1.165) is 31.9 Å². The number of rotatable bonds is 1. The number of hydrogen-bond donors (Lipinski definition) is 0. The van der Waals surface area contributed by atoms with E-state index in [9.17, 15) is 0 Å². The first-order valence-electron chi connectivity index (χ1n) is 5.68. The molecule has 3 rings (SSSR count). The highest BCUT2D eigenvalue weighted by atomic mass is 16.7. The third-order valence-corrected chi connectivity index (χ3v) is 3.07. The van der Waals surface area contributed by atoms with E-state index in [0.29, 0.717) is 13.2 Å². The molecule has 0 saturated carbocycles. The molecule has 5 nitrogen and oxygen atoms in total. The summed E-state index contributed by atoms with van der Waals surface area (Å²) in [7, 11) is 0. The highest BCUT2D eigenvalue weighted by Gasteiger charge is 2.41. The van der Waals surface area contributed by atoms with Crippen molar-refractivity contribution in [2.45, 2.75) is 18.6 Å². The van der Waals surface area contributed by atoms with Gasteiger partial charge < -0.3 is 14.4 Å². The molecule has 0 atom stereocenters. The van der Waals surface area contributed by atoms with Gasteiger partial charge >= 0.3 is 0 Å². The molecule has 0 aliphatic carbocycles.